The van der Waals surface area contributed by atoms with Gasteiger partial charge in [-0.05, 0) is 25.0 Å². The molecule has 1 aliphatic heterocycles. The summed E-state index contributed by atoms with van der Waals surface area (Å²) in [6.07, 6.45) is 3.81. The minimum atomic E-state index is -3.86. The molecule has 0 bridgehead atoms. The van der Waals surface area contributed by atoms with Gasteiger partial charge in [0.15, 0.2) is 23.1 Å². The number of sulfonamides is 1. The standard InChI is InChI=1S/C18H19F2N3O4S/c1-23-8-15-17(27-9-10-3-2-4-14(10)22-28(15,25)26)16(23)18(24)21-11-5-6-12(19)13(20)7-11/h5-8,10,14,22H,2-4,9H2,1H3,(H,21,24)/t10-,14-/m1/s1. The molecule has 2 atom stereocenters. The molecule has 1 aromatic carbocycles. The summed E-state index contributed by atoms with van der Waals surface area (Å²) in [6.45, 7) is 0.287. The van der Waals surface area contributed by atoms with E-state index < -0.39 is 27.6 Å². The minimum Gasteiger partial charge on any atom is -0.489 e. The number of benzene rings is 1. The number of rotatable bonds is 2. The molecule has 4 rings (SSSR count). The largest absolute Gasteiger partial charge is 0.489 e. The lowest BCUT2D eigenvalue weighted by molar-refractivity contribution is 0.101. The first kappa shape index (κ1) is 18.9. The van der Waals surface area contributed by atoms with Crippen LogP contribution in [0.25, 0.3) is 0 Å². The third-order valence-corrected chi connectivity index (χ3v) is 6.67. The fourth-order valence-electron chi connectivity index (χ4n) is 3.78. The Kier molecular flexibility index (Phi) is 4.62. The summed E-state index contributed by atoms with van der Waals surface area (Å²) in [7, 11) is -2.34. The Hall–Kier alpha value is -2.46. The molecule has 2 aromatic rings. The van der Waals surface area contributed by atoms with Crippen molar-refractivity contribution in [2.75, 3.05) is 11.9 Å². The van der Waals surface area contributed by atoms with Gasteiger partial charge >= 0.3 is 0 Å². The number of aryl methyl sites for hydroxylation is 1. The number of carbonyl (C=O) groups excluding carboxylic acids is 1. The van der Waals surface area contributed by atoms with Crippen molar-refractivity contribution in [2.24, 2.45) is 13.0 Å². The van der Waals surface area contributed by atoms with Crippen LogP contribution in [0.3, 0.4) is 0 Å². The van der Waals surface area contributed by atoms with Crippen molar-refractivity contribution < 1.29 is 26.7 Å². The summed E-state index contributed by atoms with van der Waals surface area (Å²) in [5, 5.41) is 2.45. The number of anilines is 1. The molecule has 0 unspecified atom stereocenters. The van der Waals surface area contributed by atoms with Crippen molar-refractivity contribution in [2.45, 2.75) is 30.2 Å². The van der Waals surface area contributed by atoms with Gasteiger partial charge in [-0.2, -0.15) is 0 Å². The van der Waals surface area contributed by atoms with E-state index in [4.69, 9.17) is 4.74 Å². The number of nitrogens with one attached hydrogen (secondary N) is 2. The maximum atomic E-state index is 13.4. The van der Waals surface area contributed by atoms with E-state index in [-0.39, 0.29) is 40.6 Å². The van der Waals surface area contributed by atoms with Gasteiger partial charge in [0.2, 0.25) is 10.0 Å². The van der Waals surface area contributed by atoms with E-state index in [0.717, 1.165) is 31.4 Å². The number of ether oxygens (including phenoxy) is 1. The molecule has 1 aliphatic carbocycles. The molecular formula is C18H19F2N3O4S. The number of carbonyl (C=O) groups is 1. The van der Waals surface area contributed by atoms with Crippen LogP contribution in [0.4, 0.5) is 14.5 Å². The Bertz CT molecular complexity index is 1050. The van der Waals surface area contributed by atoms with Gasteiger partial charge < -0.3 is 14.6 Å². The first-order valence-corrected chi connectivity index (χ1v) is 10.4. The topological polar surface area (TPSA) is 89.4 Å². The molecule has 2 heterocycles. The van der Waals surface area contributed by atoms with Crippen LogP contribution in [0.1, 0.15) is 29.8 Å². The molecule has 2 aliphatic rings. The average Bonchev–Trinajstić information content (AvgIpc) is 3.18. The summed E-state index contributed by atoms with van der Waals surface area (Å²) in [6, 6.07) is 2.77. The van der Waals surface area contributed by atoms with E-state index in [9.17, 15) is 22.0 Å². The first-order valence-electron chi connectivity index (χ1n) is 8.87. The Morgan fingerprint density at radius 1 is 1.29 bits per heavy atom. The highest BCUT2D eigenvalue weighted by Crippen LogP contribution is 2.36. The van der Waals surface area contributed by atoms with Gasteiger partial charge in [0, 0.05) is 37.0 Å². The van der Waals surface area contributed by atoms with E-state index in [1.54, 1.807) is 0 Å². The quantitative estimate of drug-likeness (QED) is 0.794. The van der Waals surface area contributed by atoms with Crippen LogP contribution in [0.5, 0.6) is 5.75 Å². The van der Waals surface area contributed by atoms with E-state index in [1.165, 1.54) is 23.9 Å². The molecular weight excluding hydrogens is 392 g/mol. The van der Waals surface area contributed by atoms with Gasteiger partial charge in [0.1, 0.15) is 4.90 Å². The lowest BCUT2D eigenvalue weighted by Crippen LogP contribution is -2.41. The molecule has 1 amide bonds. The van der Waals surface area contributed by atoms with Crippen molar-refractivity contribution in [1.82, 2.24) is 9.29 Å². The number of amides is 1. The molecule has 28 heavy (non-hydrogen) atoms. The van der Waals surface area contributed by atoms with Crippen LogP contribution >= 0.6 is 0 Å². The number of nitrogens with zero attached hydrogens (tertiary/aromatic N) is 1. The molecule has 10 heteroatoms. The predicted octanol–water partition coefficient (Wildman–Crippen LogP) is 2.39. The second-order valence-corrected chi connectivity index (χ2v) is 8.78. The Morgan fingerprint density at radius 2 is 2.07 bits per heavy atom. The summed E-state index contributed by atoms with van der Waals surface area (Å²) < 4.78 is 61.9. The zero-order chi connectivity index (χ0) is 20.1. The number of fused-ring (bicyclic) bond motifs is 2. The van der Waals surface area contributed by atoms with Crippen molar-refractivity contribution in [3.63, 3.8) is 0 Å². The average molecular weight is 411 g/mol. The third kappa shape index (κ3) is 3.26. The van der Waals surface area contributed by atoms with Gasteiger partial charge in [-0.3, -0.25) is 4.79 Å². The second kappa shape index (κ2) is 6.85. The van der Waals surface area contributed by atoms with E-state index >= 15 is 0 Å². The van der Waals surface area contributed by atoms with E-state index in [0.29, 0.717) is 0 Å². The molecule has 0 radical (unpaired) electrons. The summed E-state index contributed by atoms with van der Waals surface area (Å²) in [5.41, 5.74) is 0.0306. The summed E-state index contributed by atoms with van der Waals surface area (Å²) in [4.78, 5) is 12.6. The van der Waals surface area contributed by atoms with Crippen LogP contribution in [0, 0.1) is 17.6 Å². The number of halogens is 2. The van der Waals surface area contributed by atoms with Crippen LogP contribution in [0.15, 0.2) is 29.3 Å². The molecule has 1 fully saturated rings. The van der Waals surface area contributed by atoms with Gasteiger partial charge in [0.25, 0.3) is 5.91 Å². The zero-order valence-electron chi connectivity index (χ0n) is 15.0. The normalized spacial score (nSPS) is 23.1. The molecule has 1 saturated carbocycles. The fraction of sp³-hybridized carbons (Fsp3) is 0.389. The molecule has 2 N–H and O–H groups in total. The second-order valence-electron chi connectivity index (χ2n) is 7.09. The van der Waals surface area contributed by atoms with Crippen molar-refractivity contribution >= 4 is 21.6 Å². The Labute approximate surface area is 160 Å². The monoisotopic (exact) mass is 411 g/mol. The molecule has 0 saturated heterocycles. The molecule has 1 aromatic heterocycles. The number of hydrogen-bond donors (Lipinski definition) is 2. The molecule has 150 valence electrons. The van der Waals surface area contributed by atoms with Gasteiger partial charge in [-0.15, -0.1) is 0 Å². The van der Waals surface area contributed by atoms with E-state index in [1.807, 2.05) is 0 Å². The lowest BCUT2D eigenvalue weighted by atomic mass is 10.1. The minimum absolute atomic E-state index is 0.0124. The highest BCUT2D eigenvalue weighted by molar-refractivity contribution is 7.89. The molecule has 0 spiro atoms. The van der Waals surface area contributed by atoms with Gasteiger partial charge in [-0.1, -0.05) is 6.42 Å². The van der Waals surface area contributed by atoms with Crippen LogP contribution in [-0.2, 0) is 17.1 Å². The Morgan fingerprint density at radius 3 is 2.82 bits per heavy atom. The zero-order valence-corrected chi connectivity index (χ0v) is 15.9. The first-order chi connectivity index (χ1) is 13.3. The smallest absolute Gasteiger partial charge is 0.276 e. The maximum Gasteiger partial charge on any atom is 0.276 e. The number of hydrogen-bond acceptors (Lipinski definition) is 4. The summed E-state index contributed by atoms with van der Waals surface area (Å²) in [5.74, 6) is -2.83. The maximum absolute atomic E-state index is 13.4. The highest BCUT2D eigenvalue weighted by atomic mass is 32.2. The SMILES string of the molecule is Cn1cc2c(c1C(=O)Nc1ccc(F)c(F)c1)OC[C@H]1CCC[C@H]1NS2(=O)=O. The van der Waals surface area contributed by atoms with Gasteiger partial charge in [-0.25, -0.2) is 21.9 Å². The number of aromatic nitrogens is 1. The van der Waals surface area contributed by atoms with E-state index in [2.05, 4.69) is 10.0 Å². The molecule has 7 nitrogen and oxygen atoms in total. The fourth-order valence-corrected chi connectivity index (χ4v) is 5.31. The predicted molar refractivity (Wildman–Crippen MR) is 96.7 cm³/mol. The third-order valence-electron chi connectivity index (χ3n) is 5.19. The van der Waals surface area contributed by atoms with Crippen molar-refractivity contribution in [1.29, 1.82) is 0 Å². The van der Waals surface area contributed by atoms with Crippen molar-refractivity contribution in [3.05, 3.63) is 41.7 Å². The van der Waals surface area contributed by atoms with Crippen molar-refractivity contribution in [3.8, 4) is 5.75 Å². The van der Waals surface area contributed by atoms with Crippen LogP contribution in [-0.4, -0.2) is 31.5 Å². The Balaban J connectivity index is 1.70. The lowest BCUT2D eigenvalue weighted by Gasteiger charge is -2.24. The summed E-state index contributed by atoms with van der Waals surface area (Å²) >= 11 is 0. The van der Waals surface area contributed by atoms with Gasteiger partial charge in [0.05, 0.1) is 6.61 Å². The highest BCUT2D eigenvalue weighted by Gasteiger charge is 2.38. The van der Waals surface area contributed by atoms with Crippen LogP contribution < -0.4 is 14.8 Å². The van der Waals surface area contributed by atoms with Crippen LogP contribution in [0.2, 0.25) is 0 Å².